The summed E-state index contributed by atoms with van der Waals surface area (Å²) in [6, 6.07) is 9.72. The van der Waals surface area contributed by atoms with Crippen molar-refractivity contribution in [2.45, 2.75) is 39.2 Å². The molecule has 3 rings (SSSR count). The molecule has 0 bridgehead atoms. The normalized spacial score (nSPS) is 17.0. The highest BCUT2D eigenvalue weighted by Crippen LogP contribution is 2.30. The molecule has 0 saturated carbocycles. The Hall–Kier alpha value is -1.91. The van der Waals surface area contributed by atoms with Crippen LogP contribution >= 0.6 is 11.3 Å². The van der Waals surface area contributed by atoms with Crippen molar-refractivity contribution in [3.63, 3.8) is 0 Å². The van der Waals surface area contributed by atoms with E-state index in [0.717, 1.165) is 32.5 Å². The van der Waals surface area contributed by atoms with Gasteiger partial charge in [-0.3, -0.25) is 4.90 Å². The van der Waals surface area contributed by atoms with Crippen molar-refractivity contribution in [2.24, 2.45) is 0 Å². The largest absolute Gasteiger partial charge is 0.478 e. The van der Waals surface area contributed by atoms with E-state index in [2.05, 4.69) is 36.3 Å². The Balaban J connectivity index is 1.55. The molecule has 4 heteroatoms. The number of thiophene rings is 1. The summed E-state index contributed by atoms with van der Waals surface area (Å²) >= 11 is 1.85. The second-order valence-corrected chi connectivity index (χ2v) is 7.75. The van der Waals surface area contributed by atoms with Crippen LogP contribution in [0, 0.1) is 0 Å². The fourth-order valence-electron chi connectivity index (χ4n) is 3.38. The van der Waals surface area contributed by atoms with E-state index in [9.17, 15) is 4.79 Å². The Morgan fingerprint density at radius 2 is 1.92 bits per heavy atom. The average molecular weight is 356 g/mol. The van der Waals surface area contributed by atoms with Gasteiger partial charge in [0.25, 0.3) is 0 Å². The number of hydrogen-bond acceptors (Lipinski definition) is 3. The van der Waals surface area contributed by atoms with Gasteiger partial charge in [0.15, 0.2) is 0 Å². The molecule has 2 heterocycles. The summed E-state index contributed by atoms with van der Waals surface area (Å²) in [5.74, 6) is -0.312. The third-order valence-electron chi connectivity index (χ3n) is 5.14. The minimum Gasteiger partial charge on any atom is -0.478 e. The zero-order valence-electron chi connectivity index (χ0n) is 14.9. The zero-order valence-corrected chi connectivity index (χ0v) is 15.7. The van der Waals surface area contributed by atoms with Crippen LogP contribution in [0.2, 0.25) is 0 Å². The van der Waals surface area contributed by atoms with E-state index in [4.69, 9.17) is 5.11 Å². The van der Waals surface area contributed by atoms with Gasteiger partial charge in [-0.2, -0.15) is 0 Å². The Morgan fingerprint density at radius 3 is 2.52 bits per heavy atom. The number of allylic oxidation sites excluding steroid dienone is 2. The second-order valence-electron chi connectivity index (χ2n) is 6.75. The number of likely N-dealkylation sites (tertiary alicyclic amines) is 1. The summed E-state index contributed by atoms with van der Waals surface area (Å²) in [6.45, 7) is 7.47. The lowest BCUT2D eigenvalue weighted by molar-refractivity contribution is 0.0697. The van der Waals surface area contributed by atoms with Crippen molar-refractivity contribution in [2.75, 3.05) is 13.1 Å². The number of piperidine rings is 1. The molecule has 1 fully saturated rings. The lowest BCUT2D eigenvalue weighted by Crippen LogP contribution is -2.32. The van der Waals surface area contributed by atoms with Crippen molar-refractivity contribution in [1.82, 2.24) is 4.90 Å². The molecular formula is C21H25NO2S. The van der Waals surface area contributed by atoms with Crippen LogP contribution < -0.4 is 0 Å². The lowest BCUT2D eigenvalue weighted by atomic mass is 9.89. The average Bonchev–Trinajstić information content (AvgIpc) is 3.10. The first-order valence-corrected chi connectivity index (χ1v) is 9.71. The van der Waals surface area contributed by atoms with Crippen LogP contribution in [0.3, 0.4) is 0 Å². The molecule has 25 heavy (non-hydrogen) atoms. The molecule has 1 aliphatic heterocycles. The molecule has 1 aromatic carbocycles. The summed E-state index contributed by atoms with van der Waals surface area (Å²) in [5, 5.41) is 11.3. The number of benzene rings is 1. The molecule has 2 aromatic rings. The third kappa shape index (κ3) is 4.39. The van der Waals surface area contributed by atoms with Crippen molar-refractivity contribution in [3.05, 3.63) is 63.4 Å². The van der Waals surface area contributed by atoms with Crippen LogP contribution in [0.25, 0.3) is 5.57 Å². The number of carbonyl (C=O) groups is 1. The molecule has 0 atom stereocenters. The van der Waals surface area contributed by atoms with Gasteiger partial charge in [-0.1, -0.05) is 18.2 Å². The number of carboxylic acid groups (broad SMARTS) is 1. The number of aromatic carboxylic acids is 1. The standard InChI is InChI=1S/C21H25NO2S/c1-3-15(2)19-12-20(25-14-19)13-22-10-8-17(9-11-22)16-4-6-18(7-5-16)21(23)24/h3-7,12,14,17H,8-11,13H2,1-2H3,(H,23,24)/b15-3+. The van der Waals surface area contributed by atoms with Gasteiger partial charge < -0.3 is 5.11 Å². The van der Waals surface area contributed by atoms with Gasteiger partial charge >= 0.3 is 5.97 Å². The molecule has 0 spiro atoms. The SMILES string of the molecule is C/C=C(\C)c1csc(CN2CCC(c3ccc(C(=O)O)cc3)CC2)c1. The van der Waals surface area contributed by atoms with Crippen molar-refractivity contribution in [3.8, 4) is 0 Å². The number of rotatable bonds is 5. The van der Waals surface area contributed by atoms with E-state index >= 15 is 0 Å². The maximum absolute atomic E-state index is 11.0. The first-order valence-electron chi connectivity index (χ1n) is 8.83. The molecule has 0 unspecified atom stereocenters. The molecule has 1 aliphatic rings. The van der Waals surface area contributed by atoms with Gasteiger partial charge in [0.1, 0.15) is 0 Å². The highest BCUT2D eigenvalue weighted by Gasteiger charge is 2.21. The number of hydrogen-bond donors (Lipinski definition) is 1. The first kappa shape index (κ1) is 17.9. The monoisotopic (exact) mass is 355 g/mol. The Morgan fingerprint density at radius 1 is 1.24 bits per heavy atom. The minimum atomic E-state index is -0.857. The van der Waals surface area contributed by atoms with E-state index in [-0.39, 0.29) is 0 Å². The van der Waals surface area contributed by atoms with Crippen LogP contribution in [0.15, 0.2) is 41.8 Å². The van der Waals surface area contributed by atoms with Crippen LogP contribution in [0.5, 0.6) is 0 Å². The van der Waals surface area contributed by atoms with Crippen molar-refractivity contribution >= 4 is 22.9 Å². The Kier molecular flexibility index (Phi) is 5.71. The van der Waals surface area contributed by atoms with Gasteiger partial charge in [-0.25, -0.2) is 4.79 Å². The minimum absolute atomic E-state index is 0.367. The molecule has 0 radical (unpaired) electrons. The predicted octanol–water partition coefficient (Wildman–Crippen LogP) is 5.25. The van der Waals surface area contributed by atoms with Crippen LogP contribution in [0.1, 0.15) is 59.0 Å². The van der Waals surface area contributed by atoms with E-state index in [1.165, 1.54) is 21.6 Å². The molecule has 0 aliphatic carbocycles. The molecule has 1 N–H and O–H groups in total. The molecule has 0 amide bonds. The molecule has 1 aromatic heterocycles. The summed E-state index contributed by atoms with van der Waals surface area (Å²) in [6.07, 6.45) is 4.43. The maximum Gasteiger partial charge on any atom is 0.335 e. The molecule has 3 nitrogen and oxygen atoms in total. The van der Waals surface area contributed by atoms with Gasteiger partial charge in [0, 0.05) is 11.4 Å². The van der Waals surface area contributed by atoms with E-state index in [1.54, 1.807) is 12.1 Å². The number of carboxylic acids is 1. The molecule has 1 saturated heterocycles. The van der Waals surface area contributed by atoms with Crippen molar-refractivity contribution in [1.29, 1.82) is 0 Å². The first-order chi connectivity index (χ1) is 12.1. The second kappa shape index (κ2) is 7.98. The van der Waals surface area contributed by atoms with E-state index in [0.29, 0.717) is 11.5 Å². The topological polar surface area (TPSA) is 40.5 Å². The number of nitrogens with zero attached hydrogens (tertiary/aromatic N) is 1. The third-order valence-corrected chi connectivity index (χ3v) is 6.06. The van der Waals surface area contributed by atoms with Gasteiger partial charge in [-0.05, 0) is 86.0 Å². The van der Waals surface area contributed by atoms with E-state index < -0.39 is 5.97 Å². The highest BCUT2D eigenvalue weighted by atomic mass is 32.1. The summed E-state index contributed by atoms with van der Waals surface area (Å²) in [5.41, 5.74) is 4.32. The van der Waals surface area contributed by atoms with Gasteiger partial charge in [0.2, 0.25) is 0 Å². The summed E-state index contributed by atoms with van der Waals surface area (Å²) in [4.78, 5) is 14.9. The quantitative estimate of drug-likeness (QED) is 0.796. The fourth-order valence-corrected chi connectivity index (χ4v) is 4.36. The maximum atomic E-state index is 11.0. The molecular weight excluding hydrogens is 330 g/mol. The van der Waals surface area contributed by atoms with Gasteiger partial charge in [0.05, 0.1) is 5.56 Å². The predicted molar refractivity (Wildman–Crippen MR) is 104 cm³/mol. The van der Waals surface area contributed by atoms with Gasteiger partial charge in [-0.15, -0.1) is 11.3 Å². The molecule has 132 valence electrons. The van der Waals surface area contributed by atoms with Crippen LogP contribution in [0.4, 0.5) is 0 Å². The smallest absolute Gasteiger partial charge is 0.335 e. The fraction of sp³-hybridized carbons (Fsp3) is 0.381. The van der Waals surface area contributed by atoms with Crippen LogP contribution in [-0.4, -0.2) is 29.1 Å². The summed E-state index contributed by atoms with van der Waals surface area (Å²) < 4.78 is 0. The van der Waals surface area contributed by atoms with Crippen LogP contribution in [-0.2, 0) is 6.54 Å². The highest BCUT2D eigenvalue weighted by molar-refractivity contribution is 7.10. The lowest BCUT2D eigenvalue weighted by Gasteiger charge is -2.31. The zero-order chi connectivity index (χ0) is 17.8. The Bertz CT molecular complexity index is 752. The van der Waals surface area contributed by atoms with Crippen molar-refractivity contribution < 1.29 is 9.90 Å². The Labute approximate surface area is 153 Å². The van der Waals surface area contributed by atoms with E-state index in [1.807, 2.05) is 23.5 Å². The summed E-state index contributed by atoms with van der Waals surface area (Å²) in [7, 11) is 0.